The molecule has 0 bridgehead atoms. The first-order valence-electron chi connectivity index (χ1n) is 12.2. The van der Waals surface area contributed by atoms with Crippen LogP contribution in [0.5, 0.6) is 0 Å². The third-order valence-corrected chi connectivity index (χ3v) is 6.88. The predicted molar refractivity (Wildman–Crippen MR) is 151 cm³/mol. The van der Waals surface area contributed by atoms with Gasteiger partial charge in [-0.15, -0.1) is 0 Å². The molecule has 2 fully saturated rings. The second-order valence-corrected chi connectivity index (χ2v) is 12.4. The van der Waals surface area contributed by atoms with Crippen LogP contribution in [0.2, 0.25) is 0 Å². The summed E-state index contributed by atoms with van der Waals surface area (Å²) < 4.78 is 118. The molecule has 0 amide bonds. The van der Waals surface area contributed by atoms with Crippen LogP contribution in [0.15, 0.2) is 0 Å². The van der Waals surface area contributed by atoms with Gasteiger partial charge in [-0.05, 0) is 42.3 Å². The van der Waals surface area contributed by atoms with Crippen LogP contribution in [0.25, 0.3) is 0 Å². The van der Waals surface area contributed by atoms with E-state index in [0.717, 1.165) is 0 Å². The molecule has 0 N–H and O–H groups in total. The van der Waals surface area contributed by atoms with Crippen LogP contribution >= 0.6 is 0 Å². The first-order chi connectivity index (χ1) is 18.9. The molecule has 0 aromatic carbocycles. The van der Waals surface area contributed by atoms with Crippen LogP contribution in [0.3, 0.4) is 0 Å². The van der Waals surface area contributed by atoms with E-state index in [1.54, 1.807) is 0 Å². The summed E-state index contributed by atoms with van der Waals surface area (Å²) in [6, 6.07) is 0. The summed E-state index contributed by atoms with van der Waals surface area (Å²) in [6.45, 7) is 14.4. The zero-order valence-electron chi connectivity index (χ0n) is 25.1. The van der Waals surface area contributed by atoms with Gasteiger partial charge in [0, 0.05) is 78.5 Å². The van der Waals surface area contributed by atoms with Gasteiger partial charge < -0.3 is 61.8 Å². The Kier molecular flexibility index (Phi) is 33.1. The number of nitrogens with zero attached hydrogens (tertiary/aromatic N) is 6. The van der Waals surface area contributed by atoms with Crippen molar-refractivity contribution in [2.45, 2.75) is 11.0 Å². The summed E-state index contributed by atoms with van der Waals surface area (Å²) in [4.78, 5) is 14.4. The van der Waals surface area contributed by atoms with E-state index in [9.17, 15) is 26.3 Å². The molecule has 0 unspecified atom stereocenters. The SMILES string of the molecule is CN1CCN(C)CCN(C)CC1.CN1CCN(C)CCN(C)CC1.O=S(=O)([O-])C(F)(F)F.O=S(=O)([O-])C(F)(F)F.[Cu+2].[Cu+2].[S-][S-]. The Morgan fingerprint density at radius 3 is 0.545 bits per heavy atom. The number of halogens is 6. The molecule has 0 saturated carbocycles. The summed E-state index contributed by atoms with van der Waals surface area (Å²) in [5, 5.41) is 0. The third-order valence-electron chi connectivity index (χ3n) is 5.75. The van der Waals surface area contributed by atoms with Crippen molar-refractivity contribution in [3.05, 3.63) is 0 Å². The fourth-order valence-corrected chi connectivity index (χ4v) is 2.72. The molecule has 0 spiro atoms. The first kappa shape index (κ1) is 54.4. The van der Waals surface area contributed by atoms with Gasteiger partial charge in [0.25, 0.3) is 0 Å². The first-order valence-corrected chi connectivity index (χ1v) is 16.3. The van der Waals surface area contributed by atoms with Crippen molar-refractivity contribution in [1.29, 1.82) is 0 Å². The van der Waals surface area contributed by atoms with E-state index in [1.807, 2.05) is 0 Å². The molecule has 2 aliphatic heterocycles. The van der Waals surface area contributed by atoms with E-state index >= 15 is 0 Å². The summed E-state index contributed by atoms with van der Waals surface area (Å²) in [6.07, 6.45) is 0. The van der Waals surface area contributed by atoms with Crippen molar-refractivity contribution >= 4 is 43.6 Å². The standard InChI is InChI=1S/2C9H21N3.2CHF3O3S.2Cu.S2/c2*1-10-4-6-11(2)8-9-12(3)7-5-10;2*2-1(3,4)8(5,6)7;;;1-2/h2*4-9H2,1-3H3;2*(H,5,6,7);;;/q;;;;2*+2;-2/p-2. The zero-order chi connectivity index (χ0) is 33.9. The minimum atomic E-state index is -6.09. The molecular weight excluding hydrogens is 790 g/mol. The van der Waals surface area contributed by atoms with Gasteiger partial charge in [0.05, 0.1) is 0 Å². The molecule has 2 heterocycles. The van der Waals surface area contributed by atoms with Gasteiger partial charge in [0.15, 0.2) is 20.2 Å². The van der Waals surface area contributed by atoms with Crippen LogP contribution in [-0.2, 0) is 77.7 Å². The molecule has 44 heavy (non-hydrogen) atoms. The van der Waals surface area contributed by atoms with Crippen LogP contribution in [0, 0.1) is 0 Å². The second kappa shape index (κ2) is 26.8. The van der Waals surface area contributed by atoms with Crippen molar-refractivity contribution in [3.8, 4) is 0 Å². The Labute approximate surface area is 289 Å². The molecule has 0 atom stereocenters. The molecule has 24 heteroatoms. The zero-order valence-corrected chi connectivity index (χ0v) is 30.3. The van der Waals surface area contributed by atoms with E-state index in [4.69, 9.17) is 25.9 Å². The number of likely N-dealkylation sites (N-methyl/N-ethyl adjacent to an activating group) is 6. The maximum Gasteiger partial charge on any atom is 2.00 e. The monoisotopic (exact) mass is 830 g/mol. The number of rotatable bonds is 0. The predicted octanol–water partition coefficient (Wildman–Crippen LogP) is -0.316. The van der Waals surface area contributed by atoms with E-state index in [0.29, 0.717) is 0 Å². The van der Waals surface area contributed by atoms with E-state index in [1.165, 1.54) is 78.5 Å². The van der Waals surface area contributed by atoms with Gasteiger partial charge in [0.2, 0.25) is 0 Å². The van der Waals surface area contributed by atoms with Gasteiger partial charge in [-0.2, -0.15) is 26.3 Å². The number of alkyl halides is 6. The van der Waals surface area contributed by atoms with E-state index < -0.39 is 31.3 Å². The summed E-state index contributed by atoms with van der Waals surface area (Å²) in [5.41, 5.74) is -11.3. The Bertz CT molecular complexity index is 771. The largest absolute Gasteiger partial charge is 2.00 e. The molecule has 276 valence electrons. The van der Waals surface area contributed by atoms with Gasteiger partial charge in [-0.3, -0.25) is 0 Å². The Morgan fingerprint density at radius 2 is 0.500 bits per heavy atom. The Balaban J connectivity index is -0.000000151. The van der Waals surface area contributed by atoms with Crippen molar-refractivity contribution in [3.63, 3.8) is 0 Å². The molecule has 2 rings (SSSR count). The fourth-order valence-electron chi connectivity index (χ4n) is 2.72. The molecule has 2 radical (unpaired) electrons. The van der Waals surface area contributed by atoms with Crippen LogP contribution in [-0.4, -0.2) is 187 Å². The molecule has 12 nitrogen and oxygen atoms in total. The van der Waals surface area contributed by atoms with Crippen molar-refractivity contribution in [2.24, 2.45) is 0 Å². The molecule has 0 aromatic rings. The minimum absolute atomic E-state index is 0. The molecule has 0 aliphatic carbocycles. The topological polar surface area (TPSA) is 134 Å². The van der Waals surface area contributed by atoms with Gasteiger partial charge in [-0.25, -0.2) is 16.8 Å². The Hall–Kier alpha value is 0.899. The smallest absolute Gasteiger partial charge is 1.00 e. The van der Waals surface area contributed by atoms with Crippen molar-refractivity contribution in [1.82, 2.24) is 29.4 Å². The van der Waals surface area contributed by atoms with E-state index in [2.05, 4.69) is 95.0 Å². The summed E-state index contributed by atoms with van der Waals surface area (Å²) >= 11 is 7.33. The number of hydrogen-bond acceptors (Lipinski definition) is 14. The average Bonchev–Trinajstić information content (AvgIpc) is 2.96. The number of hydrogen-bond donors (Lipinski definition) is 0. The molecule has 0 aromatic heterocycles. The quantitative estimate of drug-likeness (QED) is 0.0790. The average molecular weight is 832 g/mol. The second-order valence-electron chi connectivity index (χ2n) is 9.62. The van der Waals surface area contributed by atoms with Gasteiger partial charge >= 0.3 is 45.2 Å². The van der Waals surface area contributed by atoms with Gasteiger partial charge in [0.1, 0.15) is 0 Å². The maximum atomic E-state index is 10.7. The maximum absolute atomic E-state index is 10.7. The minimum Gasteiger partial charge on any atom is -1.00 e. The molecule has 2 saturated heterocycles. The summed E-state index contributed by atoms with van der Waals surface area (Å²) in [7, 11) is 1.03. The van der Waals surface area contributed by atoms with Crippen LogP contribution in [0.4, 0.5) is 26.3 Å². The Morgan fingerprint density at radius 1 is 0.432 bits per heavy atom. The normalized spacial score (nSPS) is 19.5. The molecular formula is C20H42Cu2F6N6O6S4. The van der Waals surface area contributed by atoms with E-state index in [-0.39, 0.29) is 34.1 Å². The molecule has 2 aliphatic rings. The van der Waals surface area contributed by atoms with Crippen molar-refractivity contribution < 1.29 is 86.4 Å². The summed E-state index contributed by atoms with van der Waals surface area (Å²) in [5.74, 6) is 0. The van der Waals surface area contributed by atoms with Crippen molar-refractivity contribution in [2.75, 3.05) is 121 Å². The van der Waals surface area contributed by atoms with Crippen LogP contribution < -0.4 is 0 Å². The van der Waals surface area contributed by atoms with Crippen LogP contribution in [0.1, 0.15) is 0 Å². The fraction of sp³-hybridized carbons (Fsp3) is 1.00. The van der Waals surface area contributed by atoms with Gasteiger partial charge in [-0.1, -0.05) is 0 Å². The third kappa shape index (κ3) is 31.5.